The molecule has 0 amide bonds. The molecule has 2 aliphatic rings. The summed E-state index contributed by atoms with van der Waals surface area (Å²) >= 11 is 0. The first-order valence-corrected chi connectivity index (χ1v) is 9.39. The number of aldehydes is 2. The zero-order chi connectivity index (χ0) is 18.9. The van der Waals surface area contributed by atoms with Gasteiger partial charge in [-0.05, 0) is 12.1 Å². The van der Waals surface area contributed by atoms with E-state index in [4.69, 9.17) is 0 Å². The Balaban J connectivity index is 1.55. The standard InChI is InChI=1S/C22H18N4O2/c27-11-19-21-22(25-21,15-9-23-16-7-3-1-5-13(15)16)20(12-28)26(19)18-10-24-17-8-4-2-6-14(17)18/h1-12,19-21,23-25H. The number of para-hydroxylation sites is 2. The highest BCUT2D eigenvalue weighted by Gasteiger charge is 2.72. The maximum absolute atomic E-state index is 12.4. The van der Waals surface area contributed by atoms with Gasteiger partial charge in [-0.25, -0.2) is 0 Å². The van der Waals surface area contributed by atoms with Crippen molar-refractivity contribution in [3.05, 3.63) is 66.5 Å². The third kappa shape index (κ3) is 1.75. The second kappa shape index (κ2) is 5.33. The molecule has 28 heavy (non-hydrogen) atoms. The molecule has 4 atom stereocenters. The van der Waals surface area contributed by atoms with Crippen molar-refractivity contribution in [1.82, 2.24) is 15.3 Å². The van der Waals surface area contributed by atoms with E-state index >= 15 is 0 Å². The summed E-state index contributed by atoms with van der Waals surface area (Å²) in [5.74, 6) is 0. The van der Waals surface area contributed by atoms with E-state index in [2.05, 4.69) is 21.4 Å². The molecule has 4 unspecified atom stereocenters. The molecular formula is C22H18N4O2. The molecule has 0 aliphatic carbocycles. The lowest BCUT2D eigenvalue weighted by atomic mass is 9.89. The van der Waals surface area contributed by atoms with Gasteiger partial charge < -0.3 is 24.5 Å². The van der Waals surface area contributed by atoms with Crippen LogP contribution in [0.25, 0.3) is 21.8 Å². The average molecular weight is 370 g/mol. The minimum atomic E-state index is -0.564. The van der Waals surface area contributed by atoms with Crippen LogP contribution in [0.4, 0.5) is 5.69 Å². The van der Waals surface area contributed by atoms with E-state index in [1.165, 1.54) is 0 Å². The number of carbonyl (C=O) groups excluding carboxylic acids is 2. The normalized spacial score (nSPS) is 28.6. The zero-order valence-corrected chi connectivity index (χ0v) is 14.9. The van der Waals surface area contributed by atoms with Crippen molar-refractivity contribution in [2.75, 3.05) is 4.90 Å². The number of aromatic amines is 2. The Hall–Kier alpha value is -3.38. The third-order valence-electron chi connectivity index (χ3n) is 6.38. The van der Waals surface area contributed by atoms with Crippen molar-refractivity contribution in [2.24, 2.45) is 0 Å². The van der Waals surface area contributed by atoms with Crippen molar-refractivity contribution in [2.45, 2.75) is 23.7 Å². The quantitative estimate of drug-likeness (QED) is 0.380. The summed E-state index contributed by atoms with van der Waals surface area (Å²) in [6.07, 6.45) is 5.79. The van der Waals surface area contributed by atoms with Crippen LogP contribution in [0.1, 0.15) is 5.56 Å². The summed E-state index contributed by atoms with van der Waals surface area (Å²) in [6, 6.07) is 15.0. The zero-order valence-electron chi connectivity index (χ0n) is 14.9. The van der Waals surface area contributed by atoms with Gasteiger partial charge >= 0.3 is 0 Å². The van der Waals surface area contributed by atoms with Crippen molar-refractivity contribution >= 4 is 40.1 Å². The number of carbonyl (C=O) groups is 2. The summed E-state index contributed by atoms with van der Waals surface area (Å²) in [5.41, 5.74) is 3.38. The number of nitrogens with zero attached hydrogens (tertiary/aromatic N) is 1. The highest BCUT2D eigenvalue weighted by atomic mass is 16.1. The number of piperazine rings is 1. The largest absolute Gasteiger partial charge is 0.361 e. The number of benzene rings is 2. The fraction of sp³-hybridized carbons (Fsp3) is 0.182. The van der Waals surface area contributed by atoms with Crippen LogP contribution >= 0.6 is 0 Å². The van der Waals surface area contributed by atoms with E-state index in [1.807, 2.05) is 59.8 Å². The van der Waals surface area contributed by atoms with E-state index in [0.29, 0.717) is 0 Å². The molecule has 6 rings (SSSR count). The lowest BCUT2D eigenvalue weighted by Crippen LogP contribution is -2.48. The van der Waals surface area contributed by atoms with Crippen LogP contribution in [-0.4, -0.2) is 40.7 Å². The van der Waals surface area contributed by atoms with Gasteiger partial charge in [0.2, 0.25) is 0 Å². The van der Waals surface area contributed by atoms with E-state index < -0.39 is 17.6 Å². The van der Waals surface area contributed by atoms with Crippen LogP contribution < -0.4 is 10.2 Å². The molecule has 6 nitrogen and oxygen atoms in total. The summed E-state index contributed by atoms with van der Waals surface area (Å²) in [7, 11) is 0. The monoisotopic (exact) mass is 370 g/mol. The Bertz CT molecular complexity index is 1240. The van der Waals surface area contributed by atoms with E-state index in [0.717, 1.165) is 45.6 Å². The molecule has 2 aliphatic heterocycles. The first-order valence-electron chi connectivity index (χ1n) is 9.39. The summed E-state index contributed by atoms with van der Waals surface area (Å²) in [6.45, 7) is 0. The predicted molar refractivity (Wildman–Crippen MR) is 107 cm³/mol. The Labute approximate surface area is 160 Å². The SMILES string of the molecule is O=CC1C2NC2(c2c[nH]c3ccccc23)C(C=O)N1c1c[nH]c2ccccc12. The molecular weight excluding hydrogens is 352 g/mol. The van der Waals surface area contributed by atoms with Gasteiger partial charge in [-0.1, -0.05) is 36.4 Å². The van der Waals surface area contributed by atoms with Gasteiger partial charge in [0.15, 0.2) is 0 Å². The molecule has 4 heterocycles. The van der Waals surface area contributed by atoms with Crippen LogP contribution in [0.3, 0.4) is 0 Å². The van der Waals surface area contributed by atoms with Crippen LogP contribution in [0.2, 0.25) is 0 Å². The molecule has 0 saturated carbocycles. The maximum Gasteiger partial charge on any atom is 0.144 e. The molecule has 2 fully saturated rings. The minimum absolute atomic E-state index is 0.104. The lowest BCUT2D eigenvalue weighted by Gasteiger charge is -2.31. The molecule has 0 radical (unpaired) electrons. The summed E-state index contributed by atoms with van der Waals surface area (Å²) < 4.78 is 0. The van der Waals surface area contributed by atoms with Gasteiger partial charge in [-0.3, -0.25) is 5.32 Å². The number of H-pyrrole nitrogens is 2. The van der Waals surface area contributed by atoms with E-state index in [9.17, 15) is 9.59 Å². The van der Waals surface area contributed by atoms with Crippen molar-refractivity contribution in [1.29, 1.82) is 0 Å². The van der Waals surface area contributed by atoms with Gasteiger partial charge in [0.05, 0.1) is 17.3 Å². The number of hydrogen-bond acceptors (Lipinski definition) is 4. The number of aromatic nitrogens is 2. The smallest absolute Gasteiger partial charge is 0.144 e. The lowest BCUT2D eigenvalue weighted by molar-refractivity contribution is -0.109. The van der Waals surface area contributed by atoms with Gasteiger partial charge in [0, 0.05) is 39.8 Å². The molecule has 3 N–H and O–H groups in total. The van der Waals surface area contributed by atoms with E-state index in [-0.39, 0.29) is 6.04 Å². The van der Waals surface area contributed by atoms with Crippen LogP contribution in [-0.2, 0) is 15.1 Å². The third-order valence-corrected chi connectivity index (χ3v) is 6.38. The first kappa shape index (κ1) is 15.7. The second-order valence-corrected chi connectivity index (χ2v) is 7.57. The molecule has 0 bridgehead atoms. The summed E-state index contributed by atoms with van der Waals surface area (Å²) in [5, 5.41) is 5.57. The number of rotatable bonds is 4. The molecule has 2 aromatic heterocycles. The number of anilines is 1. The average Bonchev–Trinajstić information content (AvgIpc) is 3.08. The van der Waals surface area contributed by atoms with Gasteiger partial charge in [-0.2, -0.15) is 0 Å². The fourth-order valence-electron chi connectivity index (χ4n) is 5.12. The first-order chi connectivity index (χ1) is 13.8. The molecule has 0 spiro atoms. The Morgan fingerprint density at radius 1 is 0.857 bits per heavy atom. The Kier molecular flexibility index (Phi) is 2.98. The Morgan fingerprint density at radius 3 is 2.29 bits per heavy atom. The number of fused-ring (bicyclic) bond motifs is 3. The highest BCUT2D eigenvalue weighted by Crippen LogP contribution is 2.54. The molecule has 6 heteroatoms. The Morgan fingerprint density at radius 2 is 1.54 bits per heavy atom. The van der Waals surface area contributed by atoms with Crippen LogP contribution in [0, 0.1) is 0 Å². The number of hydrogen-bond donors (Lipinski definition) is 3. The van der Waals surface area contributed by atoms with E-state index in [1.54, 1.807) is 0 Å². The maximum atomic E-state index is 12.4. The molecule has 4 aromatic rings. The highest BCUT2D eigenvalue weighted by molar-refractivity contribution is 5.98. The van der Waals surface area contributed by atoms with Crippen LogP contribution in [0.15, 0.2) is 60.9 Å². The molecule has 138 valence electrons. The van der Waals surface area contributed by atoms with Crippen molar-refractivity contribution in [3.63, 3.8) is 0 Å². The second-order valence-electron chi connectivity index (χ2n) is 7.57. The molecule has 2 saturated heterocycles. The van der Waals surface area contributed by atoms with Gasteiger partial charge in [-0.15, -0.1) is 0 Å². The number of nitrogens with one attached hydrogen (secondary N) is 3. The predicted octanol–water partition coefficient (Wildman–Crippen LogP) is 2.47. The van der Waals surface area contributed by atoms with Crippen molar-refractivity contribution in [3.8, 4) is 0 Å². The van der Waals surface area contributed by atoms with Gasteiger partial charge in [0.1, 0.15) is 24.7 Å². The van der Waals surface area contributed by atoms with Crippen molar-refractivity contribution < 1.29 is 9.59 Å². The summed E-state index contributed by atoms with van der Waals surface area (Å²) in [4.78, 5) is 33.0. The van der Waals surface area contributed by atoms with Crippen LogP contribution in [0.5, 0.6) is 0 Å². The topological polar surface area (TPSA) is 90.9 Å². The fourth-order valence-corrected chi connectivity index (χ4v) is 5.12. The molecule has 2 aromatic carbocycles. The minimum Gasteiger partial charge on any atom is -0.361 e. The van der Waals surface area contributed by atoms with Gasteiger partial charge in [0.25, 0.3) is 0 Å².